The van der Waals surface area contributed by atoms with E-state index in [-0.39, 0.29) is 5.91 Å². The van der Waals surface area contributed by atoms with Gasteiger partial charge in [0, 0.05) is 42.6 Å². The van der Waals surface area contributed by atoms with E-state index in [2.05, 4.69) is 20.3 Å². The van der Waals surface area contributed by atoms with Crippen molar-refractivity contribution in [2.75, 3.05) is 12.4 Å². The van der Waals surface area contributed by atoms with E-state index in [0.29, 0.717) is 43.1 Å². The average Bonchev–Trinajstić information content (AvgIpc) is 3.21. The number of hydrogen-bond donors (Lipinski definition) is 2. The molecular weight excluding hydrogens is 392 g/mol. The maximum atomic E-state index is 12.4. The molecule has 0 saturated carbocycles. The maximum absolute atomic E-state index is 12.4. The second-order valence-corrected chi connectivity index (χ2v) is 7.12. The van der Waals surface area contributed by atoms with Crippen LogP contribution in [0.3, 0.4) is 0 Å². The number of benzene rings is 2. The van der Waals surface area contributed by atoms with Crippen molar-refractivity contribution in [1.29, 1.82) is 0 Å². The lowest BCUT2D eigenvalue weighted by molar-refractivity contribution is -0.116. The van der Waals surface area contributed by atoms with Crippen molar-refractivity contribution >= 4 is 22.6 Å². The number of rotatable bonds is 9. The van der Waals surface area contributed by atoms with Gasteiger partial charge < -0.3 is 19.8 Å². The molecule has 0 aliphatic carbocycles. The number of carbonyl (C=O) groups is 1. The van der Waals surface area contributed by atoms with Crippen molar-refractivity contribution in [2.24, 2.45) is 0 Å². The van der Waals surface area contributed by atoms with Crippen molar-refractivity contribution in [1.82, 2.24) is 15.0 Å². The number of imidazole rings is 1. The molecule has 0 aliphatic rings. The van der Waals surface area contributed by atoms with E-state index in [9.17, 15) is 4.79 Å². The minimum Gasteiger partial charge on any atom is -0.493 e. The maximum Gasteiger partial charge on any atom is 0.224 e. The van der Waals surface area contributed by atoms with Crippen LogP contribution in [0.4, 0.5) is 5.69 Å². The number of H-pyrrole nitrogens is 1. The van der Waals surface area contributed by atoms with Gasteiger partial charge in [-0.3, -0.25) is 9.78 Å². The Morgan fingerprint density at radius 2 is 2.00 bits per heavy atom. The summed E-state index contributed by atoms with van der Waals surface area (Å²) >= 11 is 0. The Morgan fingerprint density at radius 3 is 2.81 bits per heavy atom. The molecule has 0 aliphatic heterocycles. The summed E-state index contributed by atoms with van der Waals surface area (Å²) in [7, 11) is 1.59. The second-order valence-electron chi connectivity index (χ2n) is 7.12. The van der Waals surface area contributed by atoms with Crippen LogP contribution in [0, 0.1) is 0 Å². The van der Waals surface area contributed by atoms with E-state index in [1.54, 1.807) is 37.7 Å². The molecule has 4 aromatic rings. The number of aromatic nitrogens is 3. The fourth-order valence-corrected chi connectivity index (χ4v) is 3.28. The van der Waals surface area contributed by atoms with E-state index >= 15 is 0 Å². The number of carbonyl (C=O) groups excluding carboxylic acids is 1. The first-order valence-electron chi connectivity index (χ1n) is 10.1. The van der Waals surface area contributed by atoms with E-state index in [4.69, 9.17) is 9.47 Å². The lowest BCUT2D eigenvalue weighted by atomic mass is 10.2. The van der Waals surface area contributed by atoms with Crippen molar-refractivity contribution in [3.63, 3.8) is 0 Å². The highest BCUT2D eigenvalue weighted by molar-refractivity contribution is 5.91. The molecule has 0 atom stereocenters. The summed E-state index contributed by atoms with van der Waals surface area (Å²) in [5.41, 5.74) is 3.57. The Balaban J connectivity index is 1.31. The number of nitrogens with zero attached hydrogens (tertiary/aromatic N) is 2. The number of aromatic amines is 1. The molecule has 0 bridgehead atoms. The average molecular weight is 416 g/mol. The van der Waals surface area contributed by atoms with Crippen LogP contribution < -0.4 is 14.8 Å². The molecule has 0 saturated heterocycles. The van der Waals surface area contributed by atoms with Crippen LogP contribution in [-0.2, 0) is 17.8 Å². The van der Waals surface area contributed by atoms with Crippen LogP contribution in [0.5, 0.6) is 11.5 Å². The normalized spacial score (nSPS) is 10.7. The van der Waals surface area contributed by atoms with Crippen molar-refractivity contribution in [3.05, 3.63) is 78.4 Å². The Morgan fingerprint density at radius 1 is 1.10 bits per heavy atom. The minimum absolute atomic E-state index is 0.0560. The summed E-state index contributed by atoms with van der Waals surface area (Å²) in [6.07, 6.45) is 5.28. The smallest absolute Gasteiger partial charge is 0.224 e. The zero-order chi connectivity index (χ0) is 21.5. The molecule has 158 valence electrons. The standard InChI is InChI=1S/C24H24N4O3/c1-30-21-12-11-18(14-22(21)31-16-17-6-5-13-25-15-17)26-24(29)10-4-9-23-27-19-7-2-3-8-20(19)28-23/h2-3,5-8,11-15H,4,9-10,16H2,1H3,(H,26,29)(H,27,28). The highest BCUT2D eigenvalue weighted by Gasteiger charge is 2.10. The van der Waals surface area contributed by atoms with Crippen molar-refractivity contribution in [2.45, 2.75) is 25.9 Å². The van der Waals surface area contributed by atoms with Gasteiger partial charge in [-0.2, -0.15) is 0 Å². The summed E-state index contributed by atoms with van der Waals surface area (Å²) in [6, 6.07) is 17.0. The first kappa shape index (κ1) is 20.4. The number of hydrogen-bond acceptors (Lipinski definition) is 5. The van der Waals surface area contributed by atoms with E-state index in [1.165, 1.54) is 0 Å². The summed E-state index contributed by atoms with van der Waals surface area (Å²) in [4.78, 5) is 24.3. The molecule has 4 rings (SSSR count). The van der Waals surface area contributed by atoms with Gasteiger partial charge >= 0.3 is 0 Å². The van der Waals surface area contributed by atoms with Gasteiger partial charge in [-0.05, 0) is 36.8 Å². The second kappa shape index (κ2) is 9.75. The van der Waals surface area contributed by atoms with Gasteiger partial charge in [0.15, 0.2) is 11.5 Å². The van der Waals surface area contributed by atoms with Crippen molar-refractivity contribution in [3.8, 4) is 11.5 Å². The third-order valence-corrected chi connectivity index (χ3v) is 4.82. The van der Waals surface area contributed by atoms with Gasteiger partial charge in [-0.15, -0.1) is 0 Å². The van der Waals surface area contributed by atoms with E-state index < -0.39 is 0 Å². The van der Waals surface area contributed by atoms with Gasteiger partial charge in [0.25, 0.3) is 0 Å². The molecule has 0 fully saturated rings. The van der Waals surface area contributed by atoms with Crippen molar-refractivity contribution < 1.29 is 14.3 Å². The first-order valence-corrected chi connectivity index (χ1v) is 10.1. The molecular formula is C24H24N4O3. The number of methoxy groups -OCH3 is 1. The topological polar surface area (TPSA) is 89.1 Å². The molecule has 1 amide bonds. The summed E-state index contributed by atoms with van der Waals surface area (Å²) in [5, 5.41) is 2.93. The third kappa shape index (κ3) is 5.39. The minimum atomic E-state index is -0.0560. The molecule has 7 nitrogen and oxygen atoms in total. The number of ether oxygens (including phenoxy) is 2. The Hall–Kier alpha value is -3.87. The Kier molecular flexibility index (Phi) is 6.42. The molecule has 2 heterocycles. The number of aryl methyl sites for hydroxylation is 1. The monoisotopic (exact) mass is 416 g/mol. The number of para-hydroxylation sites is 2. The van der Waals surface area contributed by atoms with Gasteiger partial charge in [0.1, 0.15) is 12.4 Å². The van der Waals surface area contributed by atoms with Crippen LogP contribution >= 0.6 is 0 Å². The van der Waals surface area contributed by atoms with E-state index in [0.717, 1.165) is 22.4 Å². The first-order chi connectivity index (χ1) is 15.2. The molecule has 0 spiro atoms. The van der Waals surface area contributed by atoms with Gasteiger partial charge in [-0.1, -0.05) is 18.2 Å². The molecule has 2 N–H and O–H groups in total. The molecule has 2 aromatic carbocycles. The predicted octanol–water partition coefficient (Wildman–Crippen LogP) is 4.51. The summed E-state index contributed by atoms with van der Waals surface area (Å²) in [5.74, 6) is 2.00. The van der Waals surface area contributed by atoms with Crippen LogP contribution in [0.15, 0.2) is 67.0 Å². The van der Waals surface area contributed by atoms with Crippen LogP contribution in [0.1, 0.15) is 24.2 Å². The highest BCUT2D eigenvalue weighted by atomic mass is 16.5. The molecule has 7 heteroatoms. The number of fused-ring (bicyclic) bond motifs is 1. The fraction of sp³-hybridized carbons (Fsp3) is 0.208. The molecule has 2 aromatic heterocycles. The van der Waals surface area contributed by atoms with Crippen LogP contribution in [0.25, 0.3) is 11.0 Å². The zero-order valence-corrected chi connectivity index (χ0v) is 17.3. The van der Waals surface area contributed by atoms with Gasteiger partial charge in [-0.25, -0.2) is 4.98 Å². The number of anilines is 1. The molecule has 31 heavy (non-hydrogen) atoms. The van der Waals surface area contributed by atoms with Gasteiger partial charge in [0.2, 0.25) is 5.91 Å². The SMILES string of the molecule is COc1ccc(NC(=O)CCCc2nc3ccccc3[nH]2)cc1OCc1cccnc1. The van der Waals surface area contributed by atoms with Crippen LogP contribution in [-0.4, -0.2) is 28.0 Å². The summed E-state index contributed by atoms with van der Waals surface area (Å²) in [6.45, 7) is 0.360. The van der Waals surface area contributed by atoms with Gasteiger partial charge in [0.05, 0.1) is 18.1 Å². The summed E-state index contributed by atoms with van der Waals surface area (Å²) < 4.78 is 11.2. The lowest BCUT2D eigenvalue weighted by Gasteiger charge is -2.13. The number of amides is 1. The van der Waals surface area contributed by atoms with Crippen LogP contribution in [0.2, 0.25) is 0 Å². The number of nitrogens with one attached hydrogen (secondary N) is 2. The molecule has 0 radical (unpaired) electrons. The quantitative estimate of drug-likeness (QED) is 0.419. The zero-order valence-electron chi connectivity index (χ0n) is 17.3. The fourth-order valence-electron chi connectivity index (χ4n) is 3.28. The Bertz CT molecular complexity index is 1120. The third-order valence-electron chi connectivity index (χ3n) is 4.82. The Labute approximate surface area is 180 Å². The highest BCUT2D eigenvalue weighted by Crippen LogP contribution is 2.31. The molecule has 0 unspecified atom stereocenters. The number of pyridine rings is 1. The largest absolute Gasteiger partial charge is 0.493 e. The lowest BCUT2D eigenvalue weighted by Crippen LogP contribution is -2.12. The predicted molar refractivity (Wildman–Crippen MR) is 119 cm³/mol. The van der Waals surface area contributed by atoms with E-state index in [1.807, 2.05) is 36.4 Å².